The van der Waals surface area contributed by atoms with Crippen LogP contribution >= 0.6 is 11.8 Å². The Kier molecular flexibility index (Phi) is 7.22. The molecule has 1 aliphatic heterocycles. The van der Waals surface area contributed by atoms with Crippen LogP contribution in [0.2, 0.25) is 0 Å². The van der Waals surface area contributed by atoms with Crippen molar-refractivity contribution < 1.29 is 4.74 Å². The first-order chi connectivity index (χ1) is 7.77. The van der Waals surface area contributed by atoms with E-state index in [1.165, 1.54) is 43.6 Å². The summed E-state index contributed by atoms with van der Waals surface area (Å²) in [5.41, 5.74) is 0.358. The molecule has 0 aromatic carbocycles. The number of hydrogen-bond acceptors (Lipinski definition) is 2. The lowest BCUT2D eigenvalue weighted by atomic mass is 9.88. The van der Waals surface area contributed by atoms with E-state index in [9.17, 15) is 0 Å². The fourth-order valence-corrected chi connectivity index (χ4v) is 2.68. The maximum Gasteiger partial charge on any atom is 0.0576 e. The maximum absolute atomic E-state index is 5.22. The lowest BCUT2D eigenvalue weighted by Crippen LogP contribution is -2.37. The topological polar surface area (TPSA) is 9.23 Å². The molecule has 0 unspecified atom stereocenters. The van der Waals surface area contributed by atoms with Gasteiger partial charge in [-0.3, -0.25) is 0 Å². The zero-order valence-corrected chi connectivity index (χ0v) is 11.7. The molecule has 0 aliphatic carbocycles. The maximum atomic E-state index is 5.22. The van der Waals surface area contributed by atoms with Crippen molar-refractivity contribution in [3.8, 4) is 0 Å². The minimum absolute atomic E-state index is 0.358. The van der Waals surface area contributed by atoms with Crippen LogP contribution in [0.5, 0.6) is 0 Å². The molecule has 0 radical (unpaired) electrons. The fraction of sp³-hybridized carbons (Fsp3) is 0.857. The molecule has 0 N–H and O–H groups in total. The summed E-state index contributed by atoms with van der Waals surface area (Å²) < 4.78 is 5.22. The molecular weight excluding hydrogens is 216 g/mol. The van der Waals surface area contributed by atoms with Crippen molar-refractivity contribution in [1.29, 1.82) is 0 Å². The molecule has 16 heavy (non-hydrogen) atoms. The zero-order chi connectivity index (χ0) is 11.7. The fourth-order valence-electron chi connectivity index (χ4n) is 1.78. The minimum Gasteiger partial charge on any atom is -0.379 e. The first-order valence-electron chi connectivity index (χ1n) is 6.60. The van der Waals surface area contributed by atoms with E-state index in [4.69, 9.17) is 4.74 Å². The second-order valence-corrected chi connectivity index (χ2v) is 6.24. The van der Waals surface area contributed by atoms with Crippen molar-refractivity contribution >= 4 is 11.8 Å². The van der Waals surface area contributed by atoms with Gasteiger partial charge in [-0.2, -0.15) is 11.8 Å². The SMILES string of the molecule is CCCSCCCCC/C=C/C1(C)COC1. The van der Waals surface area contributed by atoms with E-state index in [1.807, 2.05) is 0 Å². The molecule has 1 heterocycles. The molecule has 0 aromatic rings. The average Bonchev–Trinajstić information content (AvgIpc) is 2.24. The number of ether oxygens (including phenoxy) is 1. The second kappa shape index (κ2) is 8.19. The van der Waals surface area contributed by atoms with Gasteiger partial charge in [-0.25, -0.2) is 0 Å². The summed E-state index contributed by atoms with van der Waals surface area (Å²) in [7, 11) is 0. The molecule has 1 fully saturated rings. The van der Waals surface area contributed by atoms with E-state index >= 15 is 0 Å². The molecule has 0 atom stereocenters. The van der Waals surface area contributed by atoms with Gasteiger partial charge in [0.1, 0.15) is 0 Å². The quantitative estimate of drug-likeness (QED) is 0.441. The highest BCUT2D eigenvalue weighted by atomic mass is 32.2. The van der Waals surface area contributed by atoms with Gasteiger partial charge in [0, 0.05) is 5.41 Å². The Labute approximate surface area is 105 Å². The molecule has 0 bridgehead atoms. The average molecular weight is 242 g/mol. The normalized spacial score (nSPS) is 18.9. The van der Waals surface area contributed by atoms with Gasteiger partial charge in [-0.05, 0) is 37.2 Å². The highest BCUT2D eigenvalue weighted by molar-refractivity contribution is 7.99. The van der Waals surface area contributed by atoms with E-state index in [-0.39, 0.29) is 0 Å². The first-order valence-corrected chi connectivity index (χ1v) is 7.75. The standard InChI is InChI=1S/C14H26OS/c1-3-10-16-11-8-6-4-5-7-9-14(2)12-15-13-14/h7,9H,3-6,8,10-13H2,1-2H3/b9-7+. The molecule has 1 aliphatic rings. The summed E-state index contributed by atoms with van der Waals surface area (Å²) in [6, 6.07) is 0. The van der Waals surface area contributed by atoms with E-state index in [0.717, 1.165) is 13.2 Å². The third-order valence-corrected chi connectivity index (χ3v) is 4.17. The Morgan fingerprint density at radius 2 is 2.00 bits per heavy atom. The molecule has 0 saturated carbocycles. The molecule has 1 saturated heterocycles. The molecule has 2 heteroatoms. The summed E-state index contributed by atoms with van der Waals surface area (Å²) in [5.74, 6) is 2.68. The van der Waals surface area contributed by atoms with Crippen molar-refractivity contribution in [3.05, 3.63) is 12.2 Å². The van der Waals surface area contributed by atoms with Crippen LogP contribution in [0.4, 0.5) is 0 Å². The predicted molar refractivity (Wildman–Crippen MR) is 74.2 cm³/mol. The Bertz CT molecular complexity index is 197. The summed E-state index contributed by atoms with van der Waals surface area (Å²) >= 11 is 2.10. The molecule has 1 rings (SSSR count). The Morgan fingerprint density at radius 3 is 2.62 bits per heavy atom. The Balaban J connectivity index is 1.84. The summed E-state index contributed by atoms with van der Waals surface area (Å²) in [4.78, 5) is 0. The van der Waals surface area contributed by atoms with Gasteiger partial charge in [0.15, 0.2) is 0 Å². The number of thioether (sulfide) groups is 1. The van der Waals surface area contributed by atoms with E-state index in [1.54, 1.807) is 0 Å². The van der Waals surface area contributed by atoms with Gasteiger partial charge in [0.25, 0.3) is 0 Å². The highest BCUT2D eigenvalue weighted by Gasteiger charge is 2.29. The third kappa shape index (κ3) is 5.95. The van der Waals surface area contributed by atoms with Crippen LogP contribution in [0.25, 0.3) is 0 Å². The van der Waals surface area contributed by atoms with Crippen molar-refractivity contribution in [2.45, 2.75) is 46.0 Å². The minimum atomic E-state index is 0.358. The number of allylic oxidation sites excluding steroid dienone is 1. The van der Waals surface area contributed by atoms with Gasteiger partial charge in [-0.1, -0.05) is 32.4 Å². The Morgan fingerprint density at radius 1 is 1.19 bits per heavy atom. The summed E-state index contributed by atoms with van der Waals surface area (Å²) in [6.07, 6.45) is 11.4. The summed E-state index contributed by atoms with van der Waals surface area (Å²) in [5, 5.41) is 0. The monoisotopic (exact) mass is 242 g/mol. The smallest absolute Gasteiger partial charge is 0.0576 e. The van der Waals surface area contributed by atoms with Crippen molar-refractivity contribution in [2.24, 2.45) is 5.41 Å². The van der Waals surface area contributed by atoms with Crippen LogP contribution in [0.1, 0.15) is 46.0 Å². The van der Waals surface area contributed by atoms with Crippen molar-refractivity contribution in [2.75, 3.05) is 24.7 Å². The molecule has 0 aromatic heterocycles. The van der Waals surface area contributed by atoms with Crippen LogP contribution in [0.15, 0.2) is 12.2 Å². The molecule has 0 amide bonds. The molecule has 1 nitrogen and oxygen atoms in total. The molecule has 0 spiro atoms. The van der Waals surface area contributed by atoms with E-state index < -0.39 is 0 Å². The third-order valence-electron chi connectivity index (χ3n) is 2.89. The summed E-state index contributed by atoms with van der Waals surface area (Å²) in [6.45, 7) is 6.35. The first kappa shape index (κ1) is 14.1. The van der Waals surface area contributed by atoms with Gasteiger partial charge in [0.05, 0.1) is 13.2 Å². The lowest BCUT2D eigenvalue weighted by Gasteiger charge is -2.35. The van der Waals surface area contributed by atoms with Gasteiger partial charge in [-0.15, -0.1) is 0 Å². The molecule has 94 valence electrons. The largest absolute Gasteiger partial charge is 0.379 e. The Hall–Kier alpha value is 0.0500. The zero-order valence-electron chi connectivity index (χ0n) is 10.8. The van der Waals surface area contributed by atoms with Crippen molar-refractivity contribution in [3.63, 3.8) is 0 Å². The van der Waals surface area contributed by atoms with E-state index in [2.05, 4.69) is 37.8 Å². The number of hydrogen-bond donors (Lipinski definition) is 0. The van der Waals surface area contributed by atoms with Gasteiger partial charge in [0.2, 0.25) is 0 Å². The van der Waals surface area contributed by atoms with Crippen molar-refractivity contribution in [1.82, 2.24) is 0 Å². The van der Waals surface area contributed by atoms with Crippen LogP contribution in [0, 0.1) is 5.41 Å². The predicted octanol–water partition coefficient (Wildman–Crippen LogP) is 4.28. The van der Waals surface area contributed by atoms with Crippen LogP contribution in [0.3, 0.4) is 0 Å². The van der Waals surface area contributed by atoms with Crippen LogP contribution in [-0.2, 0) is 4.74 Å². The highest BCUT2D eigenvalue weighted by Crippen LogP contribution is 2.28. The van der Waals surface area contributed by atoms with Gasteiger partial charge < -0.3 is 4.74 Å². The number of rotatable bonds is 9. The van der Waals surface area contributed by atoms with Crippen LogP contribution in [-0.4, -0.2) is 24.7 Å². The lowest BCUT2D eigenvalue weighted by molar-refractivity contribution is -0.0709. The second-order valence-electron chi connectivity index (χ2n) is 5.01. The van der Waals surface area contributed by atoms with Gasteiger partial charge >= 0.3 is 0 Å². The van der Waals surface area contributed by atoms with E-state index in [0.29, 0.717) is 5.41 Å². The van der Waals surface area contributed by atoms with Crippen LogP contribution < -0.4 is 0 Å². The molecular formula is C14H26OS. The number of unbranched alkanes of at least 4 members (excludes halogenated alkanes) is 3.